The number of halogens is 1. The highest BCUT2D eigenvalue weighted by atomic mass is 35.5. The minimum atomic E-state index is 0.183. The first kappa shape index (κ1) is 18.8. The number of benzene rings is 2. The molecule has 0 bridgehead atoms. The van der Waals surface area contributed by atoms with Crippen LogP contribution in [0, 0.1) is 0 Å². The maximum atomic E-state index is 12.5. The molecule has 4 rings (SSSR count). The Bertz CT molecular complexity index is 891. The molecule has 2 aliphatic rings. The number of ether oxygens (including phenoxy) is 1. The SMILES string of the molecule is O=C(Cc1ccc(Cl)cc1)N1CCC(=Cc2ccc(C3=NCCO3)cc2)CC1. The van der Waals surface area contributed by atoms with Gasteiger partial charge in [-0.1, -0.05) is 47.5 Å². The Balaban J connectivity index is 1.31. The molecule has 0 N–H and O–H groups in total. The zero-order chi connectivity index (χ0) is 19.3. The van der Waals surface area contributed by atoms with Crippen LogP contribution in [0.5, 0.6) is 0 Å². The summed E-state index contributed by atoms with van der Waals surface area (Å²) >= 11 is 5.91. The van der Waals surface area contributed by atoms with Crippen LogP contribution in [0.2, 0.25) is 5.02 Å². The van der Waals surface area contributed by atoms with Crippen molar-refractivity contribution < 1.29 is 9.53 Å². The van der Waals surface area contributed by atoms with Crippen LogP contribution in [0.15, 0.2) is 59.1 Å². The normalized spacial score (nSPS) is 16.5. The third-order valence-electron chi connectivity index (χ3n) is 5.14. The molecular weight excluding hydrogens is 372 g/mol. The molecule has 0 atom stereocenters. The van der Waals surface area contributed by atoms with Gasteiger partial charge in [0.1, 0.15) is 6.61 Å². The fourth-order valence-corrected chi connectivity index (χ4v) is 3.67. The predicted octanol–water partition coefficient (Wildman–Crippen LogP) is 4.37. The molecule has 2 aliphatic heterocycles. The van der Waals surface area contributed by atoms with Gasteiger partial charge >= 0.3 is 0 Å². The molecule has 1 saturated heterocycles. The molecule has 0 spiro atoms. The number of likely N-dealkylation sites (tertiary alicyclic amines) is 1. The summed E-state index contributed by atoms with van der Waals surface area (Å²) < 4.78 is 5.50. The lowest BCUT2D eigenvalue weighted by atomic mass is 9.99. The molecule has 0 unspecified atom stereocenters. The average Bonchev–Trinajstić information content (AvgIpc) is 3.26. The Hall–Kier alpha value is -2.59. The van der Waals surface area contributed by atoms with Crippen molar-refractivity contribution in [2.24, 2.45) is 4.99 Å². The number of aliphatic imine (C=N–C) groups is 1. The summed E-state index contributed by atoms with van der Waals surface area (Å²) in [5.74, 6) is 0.926. The van der Waals surface area contributed by atoms with E-state index in [1.807, 2.05) is 29.2 Å². The number of rotatable bonds is 4. The van der Waals surface area contributed by atoms with Crippen LogP contribution >= 0.6 is 11.6 Å². The van der Waals surface area contributed by atoms with E-state index in [0.29, 0.717) is 18.1 Å². The van der Waals surface area contributed by atoms with Gasteiger partial charge in [-0.05, 0) is 48.2 Å². The van der Waals surface area contributed by atoms with Gasteiger partial charge in [-0.15, -0.1) is 0 Å². The second-order valence-corrected chi connectivity index (χ2v) is 7.58. The fraction of sp³-hybridized carbons (Fsp3) is 0.304. The first-order valence-corrected chi connectivity index (χ1v) is 10.0. The fourth-order valence-electron chi connectivity index (χ4n) is 3.54. The largest absolute Gasteiger partial charge is 0.476 e. The van der Waals surface area contributed by atoms with Crippen molar-refractivity contribution in [1.82, 2.24) is 4.90 Å². The van der Waals surface area contributed by atoms with E-state index >= 15 is 0 Å². The molecule has 2 aromatic carbocycles. The lowest BCUT2D eigenvalue weighted by molar-refractivity contribution is -0.130. The number of carbonyl (C=O) groups is 1. The highest BCUT2D eigenvalue weighted by molar-refractivity contribution is 6.30. The summed E-state index contributed by atoms with van der Waals surface area (Å²) in [5.41, 5.74) is 4.60. The molecule has 0 aliphatic carbocycles. The molecule has 2 heterocycles. The van der Waals surface area contributed by atoms with Gasteiger partial charge in [0.05, 0.1) is 13.0 Å². The lowest BCUT2D eigenvalue weighted by Crippen LogP contribution is -2.37. The molecule has 0 radical (unpaired) electrons. The van der Waals surface area contributed by atoms with E-state index in [2.05, 4.69) is 35.3 Å². The van der Waals surface area contributed by atoms with Crippen LogP contribution in [0.4, 0.5) is 0 Å². The molecule has 0 aromatic heterocycles. The minimum Gasteiger partial charge on any atom is -0.476 e. The molecule has 1 fully saturated rings. The van der Waals surface area contributed by atoms with E-state index in [4.69, 9.17) is 16.3 Å². The Morgan fingerprint density at radius 2 is 1.79 bits per heavy atom. The van der Waals surface area contributed by atoms with Crippen molar-refractivity contribution in [3.8, 4) is 0 Å². The maximum Gasteiger partial charge on any atom is 0.227 e. The highest BCUT2D eigenvalue weighted by Gasteiger charge is 2.19. The van der Waals surface area contributed by atoms with Gasteiger partial charge in [-0.2, -0.15) is 0 Å². The van der Waals surface area contributed by atoms with E-state index in [9.17, 15) is 4.79 Å². The van der Waals surface area contributed by atoms with E-state index in [0.717, 1.165) is 49.5 Å². The van der Waals surface area contributed by atoms with Crippen molar-refractivity contribution >= 4 is 29.5 Å². The summed E-state index contributed by atoms with van der Waals surface area (Å²) in [6.45, 7) is 2.98. The van der Waals surface area contributed by atoms with Crippen LogP contribution in [0.25, 0.3) is 6.08 Å². The molecule has 5 heteroatoms. The molecule has 4 nitrogen and oxygen atoms in total. The summed E-state index contributed by atoms with van der Waals surface area (Å²) in [4.78, 5) is 18.8. The molecule has 0 saturated carbocycles. The van der Waals surface area contributed by atoms with Crippen LogP contribution < -0.4 is 0 Å². The van der Waals surface area contributed by atoms with Gasteiger partial charge in [-0.25, -0.2) is 4.99 Å². The second kappa shape index (κ2) is 8.61. The first-order valence-electron chi connectivity index (χ1n) is 9.67. The van der Waals surface area contributed by atoms with Crippen molar-refractivity contribution in [2.45, 2.75) is 19.3 Å². The Morgan fingerprint density at radius 1 is 1.07 bits per heavy atom. The van der Waals surface area contributed by atoms with Crippen LogP contribution in [0.3, 0.4) is 0 Å². The number of hydrogen-bond donors (Lipinski definition) is 0. The summed E-state index contributed by atoms with van der Waals surface area (Å²) in [5, 5.41) is 0.695. The van der Waals surface area contributed by atoms with Crippen LogP contribution in [0.1, 0.15) is 29.5 Å². The number of hydrogen-bond acceptors (Lipinski definition) is 3. The van der Waals surface area contributed by atoms with Crippen molar-refractivity contribution in [2.75, 3.05) is 26.2 Å². The topological polar surface area (TPSA) is 41.9 Å². The van der Waals surface area contributed by atoms with Gasteiger partial charge in [0.2, 0.25) is 11.8 Å². The lowest BCUT2D eigenvalue weighted by Gasteiger charge is -2.28. The van der Waals surface area contributed by atoms with Crippen molar-refractivity contribution in [3.05, 3.63) is 75.8 Å². The molecule has 1 amide bonds. The third kappa shape index (κ3) is 4.63. The summed E-state index contributed by atoms with van der Waals surface area (Å²) in [6, 6.07) is 15.8. The van der Waals surface area contributed by atoms with Crippen molar-refractivity contribution in [1.29, 1.82) is 0 Å². The van der Waals surface area contributed by atoms with E-state index < -0.39 is 0 Å². The zero-order valence-corrected chi connectivity index (χ0v) is 16.5. The van der Waals surface area contributed by atoms with Crippen LogP contribution in [-0.2, 0) is 16.0 Å². The van der Waals surface area contributed by atoms with Crippen molar-refractivity contribution in [3.63, 3.8) is 0 Å². The standard InChI is InChI=1S/C23H23ClN2O2/c24-21-7-3-18(4-8-21)16-22(27)26-12-9-19(10-13-26)15-17-1-5-20(6-2-17)23-25-11-14-28-23/h1-8,15H,9-14,16H2. The van der Waals surface area contributed by atoms with Gasteiger partial charge in [0.15, 0.2) is 0 Å². The molecule has 28 heavy (non-hydrogen) atoms. The maximum absolute atomic E-state index is 12.5. The summed E-state index contributed by atoms with van der Waals surface area (Å²) in [7, 11) is 0. The van der Waals surface area contributed by atoms with Gasteiger partial charge in [0, 0.05) is 23.7 Å². The van der Waals surface area contributed by atoms with Gasteiger partial charge in [-0.3, -0.25) is 4.79 Å². The number of piperidine rings is 1. The first-order chi connectivity index (χ1) is 13.7. The Kier molecular flexibility index (Phi) is 5.77. The highest BCUT2D eigenvalue weighted by Crippen LogP contribution is 2.21. The number of amides is 1. The Labute approximate surface area is 170 Å². The second-order valence-electron chi connectivity index (χ2n) is 7.14. The number of carbonyl (C=O) groups excluding carboxylic acids is 1. The smallest absolute Gasteiger partial charge is 0.227 e. The third-order valence-corrected chi connectivity index (χ3v) is 5.39. The zero-order valence-electron chi connectivity index (χ0n) is 15.7. The molecular formula is C23H23ClN2O2. The quantitative estimate of drug-likeness (QED) is 0.772. The van der Waals surface area contributed by atoms with E-state index in [1.165, 1.54) is 11.1 Å². The summed E-state index contributed by atoms with van der Waals surface area (Å²) in [6.07, 6.45) is 4.51. The molecule has 2 aromatic rings. The molecule has 144 valence electrons. The monoisotopic (exact) mass is 394 g/mol. The van der Waals surface area contributed by atoms with Gasteiger partial charge in [0.25, 0.3) is 0 Å². The minimum absolute atomic E-state index is 0.183. The number of nitrogens with zero attached hydrogens (tertiary/aromatic N) is 2. The van der Waals surface area contributed by atoms with Gasteiger partial charge < -0.3 is 9.64 Å². The Morgan fingerprint density at radius 3 is 2.43 bits per heavy atom. The predicted molar refractivity (Wildman–Crippen MR) is 113 cm³/mol. The van der Waals surface area contributed by atoms with E-state index in [1.54, 1.807) is 0 Å². The average molecular weight is 395 g/mol. The van der Waals surface area contributed by atoms with E-state index in [-0.39, 0.29) is 5.91 Å². The van der Waals surface area contributed by atoms with Crippen LogP contribution in [-0.4, -0.2) is 42.9 Å².